The van der Waals surface area contributed by atoms with Gasteiger partial charge in [-0.15, -0.1) is 0 Å². The van der Waals surface area contributed by atoms with E-state index in [1.54, 1.807) is 11.0 Å². The van der Waals surface area contributed by atoms with Crippen molar-refractivity contribution < 1.29 is 27.3 Å². The van der Waals surface area contributed by atoms with Crippen LogP contribution in [0.5, 0.6) is 0 Å². The third kappa shape index (κ3) is 7.98. The number of nitrogens with zero attached hydrogens (tertiary/aromatic N) is 4. The molecule has 0 radical (unpaired) electrons. The Morgan fingerprint density at radius 2 is 1.70 bits per heavy atom. The number of non-ortho nitro benzene ring substituents is 1. The Kier molecular flexibility index (Phi) is 10.0. The van der Waals surface area contributed by atoms with Gasteiger partial charge in [0.2, 0.25) is 15.9 Å². The molecule has 1 aliphatic heterocycles. The highest BCUT2D eigenvalue weighted by atomic mass is 32.2. The second-order valence-electron chi connectivity index (χ2n) is 9.64. The molecular formula is C28H34N4O7S. The lowest BCUT2D eigenvalue weighted by Crippen LogP contribution is -2.44. The molecule has 0 spiro atoms. The Morgan fingerprint density at radius 3 is 2.33 bits per heavy atom. The largest absolute Gasteiger partial charge is 0.464 e. The highest BCUT2D eigenvalue weighted by Gasteiger charge is 2.29. The number of furan rings is 1. The monoisotopic (exact) mass is 570 g/mol. The molecule has 2 aromatic carbocycles. The molecule has 4 rings (SSSR count). The van der Waals surface area contributed by atoms with Gasteiger partial charge in [-0.2, -0.15) is 4.31 Å². The maximum Gasteiger partial charge on any atom is 0.269 e. The molecule has 12 heteroatoms. The Labute approximate surface area is 234 Å². The van der Waals surface area contributed by atoms with Gasteiger partial charge < -0.3 is 14.1 Å². The van der Waals surface area contributed by atoms with Gasteiger partial charge >= 0.3 is 0 Å². The lowest BCUT2D eigenvalue weighted by Gasteiger charge is -2.29. The Morgan fingerprint density at radius 1 is 1.00 bits per heavy atom. The van der Waals surface area contributed by atoms with Gasteiger partial charge in [0, 0.05) is 38.3 Å². The summed E-state index contributed by atoms with van der Waals surface area (Å²) in [4.78, 5) is 27.9. The van der Waals surface area contributed by atoms with Gasteiger partial charge in [0.1, 0.15) is 11.5 Å². The second kappa shape index (κ2) is 13.7. The van der Waals surface area contributed by atoms with Crippen molar-refractivity contribution in [1.82, 2.24) is 14.1 Å². The summed E-state index contributed by atoms with van der Waals surface area (Å²) >= 11 is 0. The van der Waals surface area contributed by atoms with Gasteiger partial charge in [0.25, 0.3) is 5.69 Å². The van der Waals surface area contributed by atoms with Crippen molar-refractivity contribution in [3.63, 3.8) is 0 Å². The number of ether oxygens (including phenoxy) is 1. The highest BCUT2D eigenvalue weighted by Crippen LogP contribution is 2.21. The number of benzene rings is 2. The van der Waals surface area contributed by atoms with Crippen molar-refractivity contribution in [2.75, 3.05) is 45.9 Å². The van der Waals surface area contributed by atoms with Crippen LogP contribution in [0.15, 0.2) is 76.0 Å². The number of sulfonamides is 1. The van der Waals surface area contributed by atoms with Gasteiger partial charge in [-0.05, 0) is 49.7 Å². The summed E-state index contributed by atoms with van der Waals surface area (Å²) in [6.07, 6.45) is 0.509. The van der Waals surface area contributed by atoms with E-state index in [1.165, 1.54) is 16.4 Å². The maximum absolute atomic E-state index is 13.7. The quantitative estimate of drug-likeness (QED) is 0.226. The van der Waals surface area contributed by atoms with Crippen LogP contribution in [0.4, 0.5) is 5.69 Å². The number of nitro groups is 1. The number of amides is 1. The lowest BCUT2D eigenvalue weighted by molar-refractivity contribution is -0.384. The van der Waals surface area contributed by atoms with Crippen LogP contribution in [0.2, 0.25) is 0 Å². The molecule has 1 amide bonds. The zero-order valence-corrected chi connectivity index (χ0v) is 23.3. The van der Waals surface area contributed by atoms with E-state index >= 15 is 0 Å². The minimum atomic E-state index is -4.12. The Hall–Kier alpha value is -3.58. The number of rotatable bonds is 13. The van der Waals surface area contributed by atoms with Crippen molar-refractivity contribution in [2.24, 2.45) is 0 Å². The predicted octanol–water partition coefficient (Wildman–Crippen LogP) is 3.44. The average Bonchev–Trinajstić information content (AvgIpc) is 3.37. The summed E-state index contributed by atoms with van der Waals surface area (Å²) in [6, 6.07) is 17.8. The first-order valence-corrected chi connectivity index (χ1v) is 14.6. The van der Waals surface area contributed by atoms with Gasteiger partial charge in [-0.3, -0.25) is 19.8 Å². The summed E-state index contributed by atoms with van der Waals surface area (Å²) in [7, 11) is -4.12. The zero-order chi connectivity index (χ0) is 28.5. The fraction of sp³-hybridized carbons (Fsp3) is 0.393. The second-order valence-corrected chi connectivity index (χ2v) is 11.6. The molecule has 11 nitrogen and oxygen atoms in total. The smallest absolute Gasteiger partial charge is 0.269 e. The molecule has 1 fully saturated rings. The molecule has 1 aliphatic rings. The fourth-order valence-corrected chi connectivity index (χ4v) is 5.94. The number of morpholine rings is 1. The van der Waals surface area contributed by atoms with E-state index in [-0.39, 0.29) is 42.7 Å². The van der Waals surface area contributed by atoms with Crippen LogP contribution >= 0.6 is 0 Å². The third-order valence-electron chi connectivity index (χ3n) is 6.69. The van der Waals surface area contributed by atoms with Crippen LogP contribution in [0, 0.1) is 17.0 Å². The summed E-state index contributed by atoms with van der Waals surface area (Å²) < 4.78 is 39.7. The molecule has 2 heterocycles. The molecule has 0 bridgehead atoms. The zero-order valence-electron chi connectivity index (χ0n) is 22.5. The molecule has 0 atom stereocenters. The molecular weight excluding hydrogens is 536 g/mol. The molecule has 0 aliphatic carbocycles. The number of hydrogen-bond acceptors (Lipinski definition) is 8. The van der Waals surface area contributed by atoms with E-state index in [4.69, 9.17) is 9.15 Å². The molecule has 0 unspecified atom stereocenters. The van der Waals surface area contributed by atoms with Crippen LogP contribution in [0.1, 0.15) is 23.5 Å². The number of carbonyl (C=O) groups excluding carboxylic acids is 1. The minimum absolute atomic E-state index is 0.103. The predicted molar refractivity (Wildman–Crippen MR) is 148 cm³/mol. The SMILES string of the molecule is Cc1ccc(CN(Cc2ccccc2)C(=O)CN(CCCN2CCOCC2)S(=O)(=O)c2ccc([N+](=O)[O-])cc2)o1. The number of carbonyl (C=O) groups is 1. The first kappa shape index (κ1) is 29.4. The molecule has 0 N–H and O–H groups in total. The van der Waals surface area contributed by atoms with Gasteiger partial charge in [-0.25, -0.2) is 8.42 Å². The van der Waals surface area contributed by atoms with Crippen molar-refractivity contribution in [3.05, 3.63) is 93.9 Å². The molecule has 1 aromatic heterocycles. The minimum Gasteiger partial charge on any atom is -0.464 e. The van der Waals surface area contributed by atoms with Crippen LogP contribution in [-0.2, 0) is 32.6 Å². The number of nitro benzene ring substituents is 1. The van der Waals surface area contributed by atoms with Gasteiger partial charge in [-0.1, -0.05) is 30.3 Å². The van der Waals surface area contributed by atoms with E-state index in [9.17, 15) is 23.3 Å². The van der Waals surface area contributed by atoms with Crippen molar-refractivity contribution >= 4 is 21.6 Å². The Balaban J connectivity index is 1.56. The summed E-state index contributed by atoms with van der Waals surface area (Å²) in [5.41, 5.74) is 0.688. The maximum atomic E-state index is 13.7. The normalized spacial score (nSPS) is 14.3. The van der Waals surface area contributed by atoms with Crippen LogP contribution in [0.3, 0.4) is 0 Å². The summed E-state index contributed by atoms with van der Waals surface area (Å²) in [6.45, 7) is 5.45. The van der Waals surface area contributed by atoms with Crippen LogP contribution in [0.25, 0.3) is 0 Å². The van der Waals surface area contributed by atoms with E-state index in [2.05, 4.69) is 4.90 Å². The molecule has 3 aromatic rings. The topological polar surface area (TPSA) is 126 Å². The summed E-state index contributed by atoms with van der Waals surface area (Å²) in [5.74, 6) is 0.932. The standard InChI is InChI=1S/C28H34N4O7S/c1-23-8-11-26(39-23)21-30(20-24-6-3-2-4-7-24)28(33)22-31(15-5-14-29-16-18-38-19-17-29)40(36,37)27-12-9-25(10-13-27)32(34)35/h2-4,6-13H,5,14-22H2,1H3. The molecule has 214 valence electrons. The van der Waals surface area contributed by atoms with Gasteiger partial charge in [0.15, 0.2) is 0 Å². The van der Waals surface area contributed by atoms with Crippen molar-refractivity contribution in [2.45, 2.75) is 31.3 Å². The van der Waals surface area contributed by atoms with Crippen LogP contribution < -0.4 is 0 Å². The highest BCUT2D eigenvalue weighted by molar-refractivity contribution is 7.89. The molecule has 0 saturated carbocycles. The van der Waals surface area contributed by atoms with Crippen LogP contribution in [-0.4, -0.2) is 79.3 Å². The van der Waals surface area contributed by atoms with E-state index in [0.717, 1.165) is 30.8 Å². The van der Waals surface area contributed by atoms with E-state index in [0.29, 0.717) is 37.7 Å². The van der Waals surface area contributed by atoms with E-state index in [1.807, 2.05) is 43.3 Å². The number of aryl methyl sites for hydroxylation is 1. The average molecular weight is 571 g/mol. The van der Waals surface area contributed by atoms with Crippen molar-refractivity contribution in [1.29, 1.82) is 0 Å². The molecule has 1 saturated heterocycles. The molecule has 40 heavy (non-hydrogen) atoms. The first-order valence-electron chi connectivity index (χ1n) is 13.1. The summed E-state index contributed by atoms with van der Waals surface area (Å²) in [5, 5.41) is 11.1. The van der Waals surface area contributed by atoms with E-state index < -0.39 is 14.9 Å². The third-order valence-corrected chi connectivity index (χ3v) is 8.55. The first-order chi connectivity index (χ1) is 19.2. The fourth-order valence-electron chi connectivity index (χ4n) is 4.51. The van der Waals surface area contributed by atoms with Crippen molar-refractivity contribution in [3.8, 4) is 0 Å². The lowest BCUT2D eigenvalue weighted by atomic mass is 10.2. The van der Waals surface area contributed by atoms with Gasteiger partial charge in [0.05, 0.1) is 36.1 Å². The number of hydrogen-bond donors (Lipinski definition) is 0. The Bertz CT molecular complexity index is 1370.